The molecule has 4 rings (SSSR count). The Balaban J connectivity index is 1.91. The number of Topliss-reactive ketones (excluding diaryl/α,β-unsaturated/α-hetero) is 1. The van der Waals surface area contributed by atoms with E-state index < -0.39 is 12.1 Å². The van der Waals surface area contributed by atoms with Crippen LogP contribution in [0, 0.1) is 0 Å². The van der Waals surface area contributed by atoms with Crippen LogP contribution in [0.2, 0.25) is 0 Å². The number of hydrogen-bond acceptors (Lipinski definition) is 5. The second-order valence-electron chi connectivity index (χ2n) is 5.77. The smallest absolute Gasteiger partial charge is 0.357 e. The Kier molecular flexibility index (Phi) is 3.69. The van der Waals surface area contributed by atoms with Gasteiger partial charge in [0.25, 0.3) is 0 Å². The third-order valence-electron chi connectivity index (χ3n) is 4.28. The van der Waals surface area contributed by atoms with E-state index in [-0.39, 0.29) is 18.1 Å². The molecule has 0 saturated carbocycles. The zero-order valence-electron chi connectivity index (χ0n) is 13.7. The van der Waals surface area contributed by atoms with Gasteiger partial charge in [-0.1, -0.05) is 42.5 Å². The largest absolute Gasteiger partial charge is 0.461 e. The SMILES string of the molecule is CCOC(=O)C1=NC2Nc3ccccc3C(=O)C2=C1c1ccccc1. The number of aliphatic imine (C=N–C) groups is 1. The molecule has 0 saturated heterocycles. The topological polar surface area (TPSA) is 67.8 Å². The van der Waals surface area contributed by atoms with E-state index in [4.69, 9.17) is 4.74 Å². The van der Waals surface area contributed by atoms with Crippen molar-refractivity contribution in [1.82, 2.24) is 0 Å². The van der Waals surface area contributed by atoms with E-state index in [0.717, 1.165) is 11.3 Å². The Hall–Kier alpha value is -3.21. The molecule has 0 aromatic heterocycles. The molecule has 5 nitrogen and oxygen atoms in total. The summed E-state index contributed by atoms with van der Waals surface area (Å²) in [6.07, 6.45) is -0.572. The molecule has 0 bridgehead atoms. The quantitative estimate of drug-likeness (QED) is 0.877. The van der Waals surface area contributed by atoms with Gasteiger partial charge < -0.3 is 10.1 Å². The number of para-hydroxylation sites is 1. The van der Waals surface area contributed by atoms with Crippen LogP contribution < -0.4 is 5.32 Å². The lowest BCUT2D eigenvalue weighted by atomic mass is 9.89. The molecular weight excluding hydrogens is 316 g/mol. The number of ether oxygens (including phenoxy) is 1. The Morgan fingerprint density at radius 2 is 1.84 bits per heavy atom. The molecular formula is C20H16N2O3. The summed E-state index contributed by atoms with van der Waals surface area (Å²) in [5.41, 5.74) is 3.33. The van der Waals surface area contributed by atoms with Crippen LogP contribution in [0.1, 0.15) is 22.8 Å². The summed E-state index contributed by atoms with van der Waals surface area (Å²) >= 11 is 0. The van der Waals surface area contributed by atoms with Crippen LogP contribution in [0.5, 0.6) is 0 Å². The first kappa shape index (κ1) is 15.3. The fourth-order valence-electron chi connectivity index (χ4n) is 3.22. The number of carbonyl (C=O) groups is 2. The third kappa shape index (κ3) is 2.45. The molecule has 0 amide bonds. The fraction of sp³-hybridized carbons (Fsp3) is 0.150. The molecule has 1 unspecified atom stereocenters. The lowest BCUT2D eigenvalue weighted by Crippen LogP contribution is -2.29. The summed E-state index contributed by atoms with van der Waals surface area (Å²) in [6, 6.07) is 16.7. The molecule has 25 heavy (non-hydrogen) atoms. The van der Waals surface area contributed by atoms with Crippen LogP contribution in [-0.4, -0.2) is 30.2 Å². The van der Waals surface area contributed by atoms with Crippen LogP contribution >= 0.6 is 0 Å². The predicted octanol–water partition coefficient (Wildman–Crippen LogP) is 3.09. The van der Waals surface area contributed by atoms with E-state index in [2.05, 4.69) is 10.3 Å². The van der Waals surface area contributed by atoms with Crippen LogP contribution in [0.3, 0.4) is 0 Å². The summed E-state index contributed by atoms with van der Waals surface area (Å²) in [7, 11) is 0. The van der Waals surface area contributed by atoms with Gasteiger partial charge in [-0.3, -0.25) is 4.79 Å². The number of carbonyl (C=O) groups excluding carboxylic acids is 2. The average Bonchev–Trinajstić information content (AvgIpc) is 3.03. The van der Waals surface area contributed by atoms with Gasteiger partial charge in [0.15, 0.2) is 11.5 Å². The molecule has 2 aromatic rings. The van der Waals surface area contributed by atoms with E-state index in [0.29, 0.717) is 16.7 Å². The first-order chi connectivity index (χ1) is 12.2. The van der Waals surface area contributed by atoms with Gasteiger partial charge >= 0.3 is 5.97 Å². The van der Waals surface area contributed by atoms with Crippen molar-refractivity contribution in [1.29, 1.82) is 0 Å². The molecule has 2 aliphatic rings. The maximum absolute atomic E-state index is 13.1. The fourth-order valence-corrected chi connectivity index (χ4v) is 3.22. The first-order valence-corrected chi connectivity index (χ1v) is 8.16. The number of fused-ring (bicyclic) bond motifs is 2. The van der Waals surface area contributed by atoms with Gasteiger partial charge in [-0.15, -0.1) is 0 Å². The monoisotopic (exact) mass is 332 g/mol. The van der Waals surface area contributed by atoms with Crippen LogP contribution in [-0.2, 0) is 9.53 Å². The molecule has 2 aromatic carbocycles. The number of benzene rings is 2. The maximum Gasteiger partial charge on any atom is 0.357 e. The zero-order chi connectivity index (χ0) is 17.4. The number of hydrogen-bond donors (Lipinski definition) is 1. The van der Waals surface area contributed by atoms with Gasteiger partial charge in [-0.25, -0.2) is 9.79 Å². The normalized spacial score (nSPS) is 18.2. The molecule has 2 aliphatic heterocycles. The van der Waals surface area contributed by atoms with Crippen molar-refractivity contribution in [2.45, 2.75) is 13.1 Å². The Labute approximate surface area is 145 Å². The predicted molar refractivity (Wildman–Crippen MR) is 95.6 cm³/mol. The second kappa shape index (κ2) is 6.02. The van der Waals surface area contributed by atoms with Crippen LogP contribution in [0.4, 0.5) is 5.69 Å². The standard InChI is InChI=1S/C20H16N2O3/c1-2-25-20(24)17-15(12-8-4-3-5-9-12)16-18(23)13-10-6-7-11-14(13)21-19(16)22-17/h3-11,19,21H,2H2,1H3. The summed E-state index contributed by atoms with van der Waals surface area (Å²) in [6.45, 7) is 2.00. The minimum Gasteiger partial charge on any atom is -0.461 e. The molecule has 0 fully saturated rings. The number of rotatable bonds is 3. The highest BCUT2D eigenvalue weighted by Gasteiger charge is 2.40. The van der Waals surface area contributed by atoms with Crippen molar-refractivity contribution in [3.05, 3.63) is 71.3 Å². The molecule has 1 N–H and O–H groups in total. The van der Waals surface area contributed by atoms with E-state index in [1.54, 1.807) is 13.0 Å². The number of nitrogens with zero attached hydrogens (tertiary/aromatic N) is 1. The second-order valence-corrected chi connectivity index (χ2v) is 5.77. The van der Waals surface area contributed by atoms with Gasteiger partial charge in [-0.2, -0.15) is 0 Å². The zero-order valence-corrected chi connectivity index (χ0v) is 13.7. The average molecular weight is 332 g/mol. The molecule has 1 atom stereocenters. The van der Waals surface area contributed by atoms with Crippen LogP contribution in [0.15, 0.2) is 65.2 Å². The highest BCUT2D eigenvalue weighted by Crippen LogP contribution is 2.38. The lowest BCUT2D eigenvalue weighted by molar-refractivity contribution is -0.134. The molecule has 5 heteroatoms. The van der Waals surface area contributed by atoms with Gasteiger partial charge in [0.2, 0.25) is 0 Å². The minimum atomic E-state index is -0.572. The van der Waals surface area contributed by atoms with Crippen molar-refractivity contribution in [3.8, 4) is 0 Å². The Morgan fingerprint density at radius 1 is 1.12 bits per heavy atom. The summed E-state index contributed by atoms with van der Waals surface area (Å²) in [4.78, 5) is 30.0. The summed E-state index contributed by atoms with van der Waals surface area (Å²) < 4.78 is 5.15. The van der Waals surface area contributed by atoms with Crippen molar-refractivity contribution in [2.75, 3.05) is 11.9 Å². The maximum atomic E-state index is 13.1. The number of ketones is 1. The molecule has 0 radical (unpaired) electrons. The van der Waals surface area contributed by atoms with Gasteiger partial charge in [0.05, 0.1) is 12.2 Å². The lowest BCUT2D eigenvalue weighted by Gasteiger charge is -2.24. The van der Waals surface area contributed by atoms with Crippen molar-refractivity contribution in [3.63, 3.8) is 0 Å². The molecule has 0 spiro atoms. The van der Waals surface area contributed by atoms with Crippen molar-refractivity contribution < 1.29 is 14.3 Å². The summed E-state index contributed by atoms with van der Waals surface area (Å²) in [5, 5.41) is 3.24. The Bertz CT molecular complexity index is 929. The van der Waals surface area contributed by atoms with E-state index in [9.17, 15) is 9.59 Å². The number of esters is 1. The molecule has 0 aliphatic carbocycles. The van der Waals surface area contributed by atoms with Gasteiger partial charge in [0.1, 0.15) is 6.17 Å². The summed E-state index contributed by atoms with van der Waals surface area (Å²) in [5.74, 6) is -0.622. The van der Waals surface area contributed by atoms with Gasteiger partial charge in [0, 0.05) is 16.8 Å². The van der Waals surface area contributed by atoms with E-state index >= 15 is 0 Å². The van der Waals surface area contributed by atoms with E-state index in [1.807, 2.05) is 48.5 Å². The number of anilines is 1. The van der Waals surface area contributed by atoms with Gasteiger partial charge in [-0.05, 0) is 24.6 Å². The van der Waals surface area contributed by atoms with Crippen LogP contribution in [0.25, 0.3) is 5.57 Å². The highest BCUT2D eigenvalue weighted by atomic mass is 16.5. The Morgan fingerprint density at radius 3 is 2.60 bits per heavy atom. The number of nitrogens with one attached hydrogen (secondary N) is 1. The van der Waals surface area contributed by atoms with Crippen molar-refractivity contribution >= 4 is 28.7 Å². The van der Waals surface area contributed by atoms with E-state index in [1.165, 1.54) is 0 Å². The van der Waals surface area contributed by atoms with Crippen molar-refractivity contribution in [2.24, 2.45) is 4.99 Å². The minimum absolute atomic E-state index is 0.110. The molecule has 2 heterocycles. The highest BCUT2D eigenvalue weighted by molar-refractivity contribution is 6.57. The third-order valence-corrected chi connectivity index (χ3v) is 4.28. The molecule has 124 valence electrons. The first-order valence-electron chi connectivity index (χ1n) is 8.16.